The van der Waals surface area contributed by atoms with Gasteiger partial charge in [-0.15, -0.1) is 0 Å². The Morgan fingerprint density at radius 2 is 1.79 bits per heavy atom. The van der Waals surface area contributed by atoms with E-state index >= 15 is 0 Å². The summed E-state index contributed by atoms with van der Waals surface area (Å²) in [5.74, 6) is 1.91. The third kappa shape index (κ3) is 5.85. The van der Waals surface area contributed by atoms with Crippen molar-refractivity contribution in [2.75, 3.05) is 46.4 Å². The van der Waals surface area contributed by atoms with E-state index in [9.17, 15) is 4.79 Å². The normalized spacial score (nSPS) is 25.9. The zero-order valence-corrected chi connectivity index (χ0v) is 18.0. The minimum absolute atomic E-state index is 0.0462. The summed E-state index contributed by atoms with van der Waals surface area (Å²) in [5, 5.41) is 3.47. The van der Waals surface area contributed by atoms with Gasteiger partial charge in [0.05, 0.1) is 19.6 Å². The number of methoxy groups -OCH3 is 1. The lowest BCUT2D eigenvalue weighted by atomic mass is 9.89. The summed E-state index contributed by atoms with van der Waals surface area (Å²) in [6, 6.07) is 0.600. The van der Waals surface area contributed by atoms with Crippen LogP contribution in [0.5, 0.6) is 0 Å². The van der Waals surface area contributed by atoms with E-state index in [0.717, 1.165) is 50.9 Å². The van der Waals surface area contributed by atoms with Gasteiger partial charge in [0, 0.05) is 32.2 Å². The molecule has 0 aromatic carbocycles. The van der Waals surface area contributed by atoms with Crippen molar-refractivity contribution >= 4 is 11.9 Å². The molecule has 1 N–H and O–H groups in total. The number of guanidine groups is 1. The second-order valence-electron chi connectivity index (χ2n) is 8.77. The van der Waals surface area contributed by atoms with Gasteiger partial charge in [0.1, 0.15) is 0 Å². The minimum atomic E-state index is -0.0640. The van der Waals surface area contributed by atoms with E-state index in [0.29, 0.717) is 6.04 Å². The lowest BCUT2D eigenvalue weighted by Gasteiger charge is -2.34. The Morgan fingerprint density at radius 3 is 2.46 bits per heavy atom. The Hall–Kier alpha value is -1.30. The van der Waals surface area contributed by atoms with Crippen LogP contribution in [0.25, 0.3) is 0 Å². The standard InChI is InChI=1S/C22H40N4O2/c1-3-23-22(25-14-11-19(12-15-25)21(27)28-2)24-16-20-10-7-13-26(20)17-18-8-5-4-6-9-18/h18-20H,3-17H2,1-2H3,(H,23,24). The predicted molar refractivity (Wildman–Crippen MR) is 113 cm³/mol. The minimum Gasteiger partial charge on any atom is -0.469 e. The Morgan fingerprint density at radius 1 is 1.04 bits per heavy atom. The molecule has 6 heteroatoms. The molecule has 2 saturated heterocycles. The molecule has 6 nitrogen and oxygen atoms in total. The molecule has 1 atom stereocenters. The van der Waals surface area contributed by atoms with E-state index in [1.807, 2.05) is 0 Å². The number of likely N-dealkylation sites (tertiary alicyclic amines) is 2. The van der Waals surface area contributed by atoms with Crippen LogP contribution in [-0.4, -0.2) is 74.1 Å². The van der Waals surface area contributed by atoms with Gasteiger partial charge in [-0.25, -0.2) is 0 Å². The number of rotatable bonds is 6. The van der Waals surface area contributed by atoms with Crippen molar-refractivity contribution in [1.29, 1.82) is 0 Å². The highest BCUT2D eigenvalue weighted by molar-refractivity contribution is 5.80. The maximum Gasteiger partial charge on any atom is 0.308 e. The van der Waals surface area contributed by atoms with Crippen LogP contribution in [0, 0.1) is 11.8 Å². The van der Waals surface area contributed by atoms with E-state index in [2.05, 4.69) is 22.0 Å². The number of aliphatic imine (C=N–C) groups is 1. The maximum atomic E-state index is 11.8. The molecule has 2 heterocycles. The third-order valence-corrected chi connectivity index (χ3v) is 6.83. The van der Waals surface area contributed by atoms with Crippen molar-refractivity contribution in [2.45, 2.75) is 70.8 Å². The second-order valence-corrected chi connectivity index (χ2v) is 8.77. The van der Waals surface area contributed by atoms with Crippen LogP contribution in [0.3, 0.4) is 0 Å². The molecule has 160 valence electrons. The highest BCUT2D eigenvalue weighted by Crippen LogP contribution is 2.27. The Kier molecular flexibility index (Phi) is 8.44. The van der Waals surface area contributed by atoms with Gasteiger partial charge >= 0.3 is 5.97 Å². The summed E-state index contributed by atoms with van der Waals surface area (Å²) < 4.78 is 4.91. The van der Waals surface area contributed by atoms with E-state index < -0.39 is 0 Å². The number of carbonyl (C=O) groups excluding carboxylic acids is 1. The van der Waals surface area contributed by atoms with Gasteiger partial charge in [0.2, 0.25) is 0 Å². The second kappa shape index (κ2) is 11.0. The fourth-order valence-electron chi connectivity index (χ4n) is 5.15. The number of nitrogens with one attached hydrogen (secondary N) is 1. The number of esters is 1. The number of piperidine rings is 1. The van der Waals surface area contributed by atoms with Gasteiger partial charge in [-0.05, 0) is 57.9 Å². The summed E-state index contributed by atoms with van der Waals surface area (Å²) in [7, 11) is 1.49. The zero-order valence-electron chi connectivity index (χ0n) is 18.0. The first-order chi connectivity index (χ1) is 13.7. The summed E-state index contributed by atoms with van der Waals surface area (Å²) in [6.07, 6.45) is 11.4. The Bertz CT molecular complexity index is 511. The van der Waals surface area contributed by atoms with Gasteiger partial charge < -0.3 is 15.0 Å². The van der Waals surface area contributed by atoms with Crippen molar-refractivity contribution in [3.63, 3.8) is 0 Å². The van der Waals surface area contributed by atoms with Crippen LogP contribution >= 0.6 is 0 Å². The van der Waals surface area contributed by atoms with Crippen molar-refractivity contribution < 1.29 is 9.53 Å². The van der Waals surface area contributed by atoms with E-state index in [1.165, 1.54) is 65.1 Å². The fourth-order valence-corrected chi connectivity index (χ4v) is 5.15. The largest absolute Gasteiger partial charge is 0.469 e. The number of carbonyl (C=O) groups is 1. The molecule has 0 bridgehead atoms. The van der Waals surface area contributed by atoms with Crippen molar-refractivity contribution in [3.8, 4) is 0 Å². The van der Waals surface area contributed by atoms with Crippen LogP contribution < -0.4 is 5.32 Å². The molecule has 0 amide bonds. The van der Waals surface area contributed by atoms with Gasteiger partial charge in [-0.1, -0.05) is 19.3 Å². The highest BCUT2D eigenvalue weighted by atomic mass is 16.5. The van der Waals surface area contributed by atoms with Crippen molar-refractivity contribution in [3.05, 3.63) is 0 Å². The number of hydrogen-bond donors (Lipinski definition) is 1. The molecule has 0 aromatic heterocycles. The molecule has 2 aliphatic heterocycles. The lowest BCUT2D eigenvalue weighted by molar-refractivity contribution is -0.146. The summed E-state index contributed by atoms with van der Waals surface area (Å²) in [6.45, 7) is 8.18. The fraction of sp³-hybridized carbons (Fsp3) is 0.909. The average Bonchev–Trinajstić information content (AvgIpc) is 3.18. The number of nitrogens with zero attached hydrogens (tertiary/aromatic N) is 3. The molecule has 3 fully saturated rings. The molecular weight excluding hydrogens is 352 g/mol. The first kappa shape index (κ1) is 21.4. The van der Waals surface area contributed by atoms with Crippen LogP contribution in [-0.2, 0) is 9.53 Å². The maximum absolute atomic E-state index is 11.8. The summed E-state index contributed by atoms with van der Waals surface area (Å²) in [4.78, 5) is 21.8. The predicted octanol–water partition coefficient (Wildman–Crippen LogP) is 2.88. The summed E-state index contributed by atoms with van der Waals surface area (Å²) in [5.41, 5.74) is 0. The molecule has 1 saturated carbocycles. The van der Waals surface area contributed by atoms with Crippen LogP contribution in [0.4, 0.5) is 0 Å². The van der Waals surface area contributed by atoms with E-state index in [1.54, 1.807) is 0 Å². The van der Waals surface area contributed by atoms with E-state index in [4.69, 9.17) is 9.73 Å². The van der Waals surface area contributed by atoms with Gasteiger partial charge in [-0.2, -0.15) is 0 Å². The quantitative estimate of drug-likeness (QED) is 0.428. The SMILES string of the molecule is CCNC(=NCC1CCCN1CC1CCCCC1)N1CCC(C(=O)OC)CC1. The highest BCUT2D eigenvalue weighted by Gasteiger charge is 2.29. The van der Waals surface area contributed by atoms with Crippen molar-refractivity contribution in [1.82, 2.24) is 15.1 Å². The molecule has 0 radical (unpaired) electrons. The first-order valence-corrected chi connectivity index (χ1v) is 11.6. The first-order valence-electron chi connectivity index (χ1n) is 11.6. The molecule has 3 aliphatic rings. The molecule has 1 aliphatic carbocycles. The molecular formula is C22H40N4O2. The molecule has 28 heavy (non-hydrogen) atoms. The number of hydrogen-bond acceptors (Lipinski definition) is 4. The van der Waals surface area contributed by atoms with E-state index in [-0.39, 0.29) is 11.9 Å². The third-order valence-electron chi connectivity index (χ3n) is 6.83. The molecule has 3 rings (SSSR count). The molecule has 0 aromatic rings. The monoisotopic (exact) mass is 392 g/mol. The van der Waals surface area contributed by atoms with Crippen LogP contribution in [0.2, 0.25) is 0 Å². The van der Waals surface area contributed by atoms with Gasteiger partial charge in [-0.3, -0.25) is 14.7 Å². The lowest BCUT2D eigenvalue weighted by Crippen LogP contribution is -2.47. The number of ether oxygens (including phenoxy) is 1. The van der Waals surface area contributed by atoms with Crippen LogP contribution in [0.15, 0.2) is 4.99 Å². The van der Waals surface area contributed by atoms with Gasteiger partial charge in [0.15, 0.2) is 5.96 Å². The van der Waals surface area contributed by atoms with Crippen molar-refractivity contribution in [2.24, 2.45) is 16.8 Å². The smallest absolute Gasteiger partial charge is 0.308 e. The summed E-state index contributed by atoms with van der Waals surface area (Å²) >= 11 is 0. The Labute approximate surface area is 171 Å². The zero-order chi connectivity index (χ0) is 19.8. The molecule has 1 unspecified atom stereocenters. The molecule has 0 spiro atoms. The van der Waals surface area contributed by atoms with Crippen LogP contribution in [0.1, 0.15) is 64.7 Å². The topological polar surface area (TPSA) is 57.2 Å². The Balaban J connectivity index is 1.52. The average molecular weight is 393 g/mol. The van der Waals surface area contributed by atoms with Gasteiger partial charge in [0.25, 0.3) is 0 Å².